The lowest BCUT2D eigenvalue weighted by Gasteiger charge is -2.19. The van der Waals surface area contributed by atoms with Crippen molar-refractivity contribution in [3.8, 4) is 0 Å². The normalized spacial score (nSPS) is 13.2. The summed E-state index contributed by atoms with van der Waals surface area (Å²) in [6.45, 7) is 1.69. The first-order valence-electron chi connectivity index (χ1n) is 5.98. The standard InChI is InChI=1S/C11H21Cl2N5/c1-17(2)6-7-18-11(9(13)8-15-18)10(16-14)4-3-5-12/h8,10,16H,3-7,14H2,1-2H3. The van der Waals surface area contributed by atoms with Gasteiger partial charge in [-0.25, -0.2) is 0 Å². The van der Waals surface area contributed by atoms with E-state index in [9.17, 15) is 0 Å². The zero-order valence-corrected chi connectivity index (χ0v) is 12.4. The smallest absolute Gasteiger partial charge is 0.0834 e. The second-order valence-corrected chi connectivity index (χ2v) is 5.24. The quantitative estimate of drug-likeness (QED) is 0.434. The van der Waals surface area contributed by atoms with E-state index in [0.717, 1.165) is 31.6 Å². The van der Waals surface area contributed by atoms with Gasteiger partial charge in [-0.3, -0.25) is 16.0 Å². The number of halogens is 2. The van der Waals surface area contributed by atoms with E-state index in [0.29, 0.717) is 10.9 Å². The van der Waals surface area contributed by atoms with E-state index in [2.05, 4.69) is 15.4 Å². The number of alkyl halides is 1. The maximum atomic E-state index is 6.19. The maximum absolute atomic E-state index is 6.19. The third kappa shape index (κ3) is 4.40. The fraction of sp³-hybridized carbons (Fsp3) is 0.727. The maximum Gasteiger partial charge on any atom is 0.0834 e. The lowest BCUT2D eigenvalue weighted by molar-refractivity contribution is 0.360. The fourth-order valence-electron chi connectivity index (χ4n) is 1.77. The van der Waals surface area contributed by atoms with Crippen LogP contribution in [0.5, 0.6) is 0 Å². The van der Waals surface area contributed by atoms with E-state index in [1.807, 2.05) is 18.8 Å². The Bertz CT molecular complexity index is 353. The number of nitrogens with zero attached hydrogens (tertiary/aromatic N) is 3. The highest BCUT2D eigenvalue weighted by atomic mass is 35.5. The van der Waals surface area contributed by atoms with E-state index >= 15 is 0 Å². The molecule has 3 N–H and O–H groups in total. The number of hydrazine groups is 1. The minimum Gasteiger partial charge on any atom is -0.308 e. The van der Waals surface area contributed by atoms with Crippen LogP contribution in [0.15, 0.2) is 6.20 Å². The van der Waals surface area contributed by atoms with Gasteiger partial charge in [0.25, 0.3) is 0 Å². The van der Waals surface area contributed by atoms with Gasteiger partial charge in [-0.2, -0.15) is 5.10 Å². The third-order valence-electron chi connectivity index (χ3n) is 2.75. The molecule has 0 fully saturated rings. The molecule has 104 valence electrons. The van der Waals surface area contributed by atoms with Gasteiger partial charge in [0, 0.05) is 12.4 Å². The molecule has 0 aromatic carbocycles. The molecule has 0 amide bonds. The molecule has 0 aliphatic heterocycles. The molecule has 18 heavy (non-hydrogen) atoms. The van der Waals surface area contributed by atoms with Crippen LogP contribution in [0, 0.1) is 0 Å². The van der Waals surface area contributed by atoms with Gasteiger partial charge in [-0.1, -0.05) is 11.6 Å². The average molecular weight is 294 g/mol. The van der Waals surface area contributed by atoms with Gasteiger partial charge in [0.15, 0.2) is 0 Å². The van der Waals surface area contributed by atoms with Crippen LogP contribution in [-0.2, 0) is 6.54 Å². The van der Waals surface area contributed by atoms with Gasteiger partial charge in [-0.15, -0.1) is 11.6 Å². The number of hydrogen-bond donors (Lipinski definition) is 2. The molecule has 1 unspecified atom stereocenters. The molecule has 0 saturated heterocycles. The molecular weight excluding hydrogens is 273 g/mol. The first-order valence-corrected chi connectivity index (χ1v) is 6.89. The third-order valence-corrected chi connectivity index (χ3v) is 3.31. The topological polar surface area (TPSA) is 59.1 Å². The highest BCUT2D eigenvalue weighted by Crippen LogP contribution is 2.25. The van der Waals surface area contributed by atoms with Crippen molar-refractivity contribution >= 4 is 23.2 Å². The van der Waals surface area contributed by atoms with E-state index in [1.165, 1.54) is 0 Å². The first-order chi connectivity index (χ1) is 8.60. The Morgan fingerprint density at radius 1 is 1.56 bits per heavy atom. The number of hydrogen-bond acceptors (Lipinski definition) is 4. The first kappa shape index (κ1) is 15.7. The summed E-state index contributed by atoms with van der Waals surface area (Å²) in [7, 11) is 4.05. The van der Waals surface area contributed by atoms with Crippen molar-refractivity contribution in [2.75, 3.05) is 26.5 Å². The van der Waals surface area contributed by atoms with Gasteiger partial charge in [-0.05, 0) is 26.9 Å². The monoisotopic (exact) mass is 293 g/mol. The molecule has 0 aliphatic rings. The summed E-state index contributed by atoms with van der Waals surface area (Å²) in [6.07, 6.45) is 3.39. The van der Waals surface area contributed by atoms with Crippen molar-refractivity contribution in [1.29, 1.82) is 0 Å². The van der Waals surface area contributed by atoms with Crippen molar-refractivity contribution in [1.82, 2.24) is 20.1 Å². The Kier molecular flexibility index (Phi) is 6.96. The number of aromatic nitrogens is 2. The molecule has 1 rings (SSSR count). The minimum absolute atomic E-state index is 0.0130. The molecular formula is C11H21Cl2N5. The number of likely N-dealkylation sites (N-methyl/N-ethyl adjacent to an activating group) is 1. The van der Waals surface area contributed by atoms with Crippen molar-refractivity contribution in [2.45, 2.75) is 25.4 Å². The van der Waals surface area contributed by atoms with E-state index in [4.69, 9.17) is 29.0 Å². The van der Waals surface area contributed by atoms with Crippen LogP contribution in [0.1, 0.15) is 24.6 Å². The lowest BCUT2D eigenvalue weighted by atomic mass is 10.1. The molecule has 0 saturated carbocycles. The zero-order valence-electron chi connectivity index (χ0n) is 10.9. The van der Waals surface area contributed by atoms with Crippen LogP contribution in [0.2, 0.25) is 5.02 Å². The minimum atomic E-state index is -0.0130. The summed E-state index contributed by atoms with van der Waals surface area (Å²) < 4.78 is 1.90. The summed E-state index contributed by atoms with van der Waals surface area (Å²) in [4.78, 5) is 2.10. The highest BCUT2D eigenvalue weighted by molar-refractivity contribution is 6.31. The number of rotatable bonds is 8. The van der Waals surface area contributed by atoms with Crippen molar-refractivity contribution in [3.63, 3.8) is 0 Å². The Balaban J connectivity index is 2.80. The Hall–Kier alpha value is -0.330. The summed E-state index contributed by atoms with van der Waals surface area (Å²) in [5, 5.41) is 4.94. The van der Waals surface area contributed by atoms with Crippen LogP contribution in [0.3, 0.4) is 0 Å². The Morgan fingerprint density at radius 3 is 2.83 bits per heavy atom. The summed E-state index contributed by atoms with van der Waals surface area (Å²) in [5.74, 6) is 6.21. The van der Waals surface area contributed by atoms with Crippen molar-refractivity contribution in [2.24, 2.45) is 5.84 Å². The van der Waals surface area contributed by atoms with Crippen molar-refractivity contribution < 1.29 is 0 Å². The molecule has 1 atom stereocenters. The Morgan fingerprint density at radius 2 is 2.28 bits per heavy atom. The second-order valence-electron chi connectivity index (χ2n) is 4.45. The molecule has 0 radical (unpaired) electrons. The SMILES string of the molecule is CN(C)CCn1ncc(Cl)c1C(CCCCl)NN. The van der Waals surface area contributed by atoms with Gasteiger partial charge in [0.05, 0.1) is 29.5 Å². The van der Waals surface area contributed by atoms with E-state index in [1.54, 1.807) is 6.20 Å². The summed E-state index contributed by atoms with van der Waals surface area (Å²) >= 11 is 11.9. The average Bonchev–Trinajstić information content (AvgIpc) is 2.70. The molecule has 7 heteroatoms. The van der Waals surface area contributed by atoms with Crippen LogP contribution >= 0.6 is 23.2 Å². The van der Waals surface area contributed by atoms with Gasteiger partial charge >= 0.3 is 0 Å². The lowest BCUT2D eigenvalue weighted by Crippen LogP contribution is -2.31. The predicted octanol–water partition coefficient (Wildman–Crippen LogP) is 1.62. The second kappa shape index (κ2) is 7.96. The summed E-state index contributed by atoms with van der Waals surface area (Å²) in [6, 6.07) is -0.0130. The van der Waals surface area contributed by atoms with E-state index in [-0.39, 0.29) is 6.04 Å². The van der Waals surface area contributed by atoms with Gasteiger partial charge < -0.3 is 4.90 Å². The zero-order chi connectivity index (χ0) is 13.5. The molecule has 1 aromatic rings. The highest BCUT2D eigenvalue weighted by Gasteiger charge is 2.18. The van der Waals surface area contributed by atoms with Crippen molar-refractivity contribution in [3.05, 3.63) is 16.9 Å². The fourth-order valence-corrected chi connectivity index (χ4v) is 2.20. The van der Waals surface area contributed by atoms with Crippen LogP contribution in [-0.4, -0.2) is 41.2 Å². The Labute approximate surface area is 118 Å². The van der Waals surface area contributed by atoms with Crippen LogP contribution < -0.4 is 11.3 Å². The molecule has 1 heterocycles. The van der Waals surface area contributed by atoms with Crippen LogP contribution in [0.25, 0.3) is 0 Å². The van der Waals surface area contributed by atoms with E-state index < -0.39 is 0 Å². The number of nitrogens with one attached hydrogen (secondary N) is 1. The van der Waals surface area contributed by atoms with Crippen LogP contribution in [0.4, 0.5) is 0 Å². The largest absolute Gasteiger partial charge is 0.308 e. The summed E-state index contributed by atoms with van der Waals surface area (Å²) in [5.41, 5.74) is 3.73. The van der Waals surface area contributed by atoms with Gasteiger partial charge in [0.1, 0.15) is 0 Å². The van der Waals surface area contributed by atoms with Gasteiger partial charge in [0.2, 0.25) is 0 Å². The molecule has 5 nitrogen and oxygen atoms in total. The molecule has 0 spiro atoms. The molecule has 1 aromatic heterocycles. The molecule has 0 aliphatic carbocycles. The number of nitrogens with two attached hydrogens (primary N) is 1. The predicted molar refractivity (Wildman–Crippen MR) is 75.8 cm³/mol. The molecule has 0 bridgehead atoms.